The highest BCUT2D eigenvalue weighted by atomic mass is 16.5. The fourth-order valence-corrected chi connectivity index (χ4v) is 1.29. The van der Waals surface area contributed by atoms with Crippen LogP contribution in [0.25, 0.3) is 6.08 Å². The van der Waals surface area contributed by atoms with Crippen molar-refractivity contribution in [2.45, 2.75) is 32.8 Å². The quantitative estimate of drug-likeness (QED) is 0.844. The summed E-state index contributed by atoms with van der Waals surface area (Å²) in [4.78, 5) is 0. The second-order valence-electron chi connectivity index (χ2n) is 4.70. The first-order valence-electron chi connectivity index (χ1n) is 5.58. The molecule has 2 nitrogen and oxygen atoms in total. The van der Waals surface area contributed by atoms with Gasteiger partial charge in [0.15, 0.2) is 0 Å². The van der Waals surface area contributed by atoms with E-state index >= 15 is 0 Å². The molecule has 88 valence electrons. The van der Waals surface area contributed by atoms with E-state index in [1.807, 2.05) is 57.2 Å². The Morgan fingerprint density at radius 1 is 1.19 bits per heavy atom. The second-order valence-corrected chi connectivity index (χ2v) is 4.70. The van der Waals surface area contributed by atoms with Gasteiger partial charge < -0.3 is 9.84 Å². The van der Waals surface area contributed by atoms with Crippen LogP contribution in [0.5, 0.6) is 5.75 Å². The minimum atomic E-state index is -0.158. The van der Waals surface area contributed by atoms with Crippen molar-refractivity contribution in [1.29, 1.82) is 0 Å². The number of hydrogen-bond acceptors (Lipinski definition) is 2. The van der Waals surface area contributed by atoms with Crippen LogP contribution >= 0.6 is 0 Å². The first-order valence-corrected chi connectivity index (χ1v) is 5.58. The van der Waals surface area contributed by atoms with E-state index in [0.29, 0.717) is 6.42 Å². The summed E-state index contributed by atoms with van der Waals surface area (Å²) in [5.74, 6) is 0.881. The van der Waals surface area contributed by atoms with E-state index in [1.54, 1.807) is 0 Å². The summed E-state index contributed by atoms with van der Waals surface area (Å²) in [6, 6.07) is 7.94. The Kier molecular flexibility index (Phi) is 4.56. The van der Waals surface area contributed by atoms with Gasteiger partial charge in [-0.3, -0.25) is 0 Å². The van der Waals surface area contributed by atoms with Gasteiger partial charge in [-0.05, 0) is 44.9 Å². The molecule has 0 aliphatic carbocycles. The summed E-state index contributed by atoms with van der Waals surface area (Å²) < 4.78 is 5.72. The molecule has 0 saturated carbocycles. The lowest BCUT2D eigenvalue weighted by molar-refractivity contribution is 0.131. The minimum Gasteiger partial charge on any atom is -0.488 e. The fraction of sp³-hybridized carbons (Fsp3) is 0.429. The maximum absolute atomic E-state index is 8.64. The molecule has 0 aliphatic heterocycles. The van der Waals surface area contributed by atoms with Gasteiger partial charge in [0.2, 0.25) is 0 Å². The highest BCUT2D eigenvalue weighted by Crippen LogP contribution is 2.18. The van der Waals surface area contributed by atoms with Crippen LogP contribution in [0.15, 0.2) is 30.3 Å². The number of ether oxygens (including phenoxy) is 1. The summed E-state index contributed by atoms with van der Waals surface area (Å²) in [6.45, 7) is 6.29. The SMILES string of the molecule is CC(C)(C)Oc1ccc(C=CCCO)cc1. The summed E-state index contributed by atoms with van der Waals surface area (Å²) in [6.07, 6.45) is 4.65. The molecule has 0 amide bonds. The molecular formula is C14H20O2. The summed E-state index contributed by atoms with van der Waals surface area (Å²) in [5.41, 5.74) is 0.962. The monoisotopic (exact) mass is 220 g/mol. The van der Waals surface area contributed by atoms with Crippen molar-refractivity contribution >= 4 is 6.08 Å². The van der Waals surface area contributed by atoms with Crippen LogP contribution in [-0.2, 0) is 0 Å². The van der Waals surface area contributed by atoms with Gasteiger partial charge in [-0.25, -0.2) is 0 Å². The van der Waals surface area contributed by atoms with E-state index in [2.05, 4.69) is 0 Å². The van der Waals surface area contributed by atoms with Gasteiger partial charge in [0.1, 0.15) is 11.4 Å². The van der Waals surface area contributed by atoms with E-state index in [9.17, 15) is 0 Å². The average molecular weight is 220 g/mol. The van der Waals surface area contributed by atoms with Crippen LogP contribution in [0.2, 0.25) is 0 Å². The molecule has 1 aromatic carbocycles. The molecule has 16 heavy (non-hydrogen) atoms. The Balaban J connectivity index is 2.61. The Hall–Kier alpha value is -1.28. The predicted molar refractivity (Wildman–Crippen MR) is 67.6 cm³/mol. The Morgan fingerprint density at radius 3 is 2.31 bits per heavy atom. The molecule has 0 spiro atoms. The van der Waals surface area contributed by atoms with Crippen LogP contribution in [-0.4, -0.2) is 17.3 Å². The van der Waals surface area contributed by atoms with E-state index in [4.69, 9.17) is 9.84 Å². The van der Waals surface area contributed by atoms with Crippen LogP contribution in [0, 0.1) is 0 Å². The third-order valence-corrected chi connectivity index (χ3v) is 1.91. The largest absolute Gasteiger partial charge is 0.488 e. The van der Waals surface area contributed by atoms with E-state index in [1.165, 1.54) is 0 Å². The van der Waals surface area contributed by atoms with Crippen molar-refractivity contribution < 1.29 is 9.84 Å². The van der Waals surface area contributed by atoms with Gasteiger partial charge in [0.25, 0.3) is 0 Å². The lowest BCUT2D eigenvalue weighted by Crippen LogP contribution is -2.22. The van der Waals surface area contributed by atoms with Crippen molar-refractivity contribution in [2.75, 3.05) is 6.61 Å². The molecule has 2 heteroatoms. The maximum atomic E-state index is 8.64. The molecule has 0 unspecified atom stereocenters. The number of aliphatic hydroxyl groups is 1. The van der Waals surface area contributed by atoms with Crippen molar-refractivity contribution in [1.82, 2.24) is 0 Å². The number of rotatable bonds is 4. The van der Waals surface area contributed by atoms with Gasteiger partial charge in [0.05, 0.1) is 0 Å². The summed E-state index contributed by atoms with van der Waals surface area (Å²) >= 11 is 0. The second kappa shape index (κ2) is 5.71. The number of hydrogen-bond donors (Lipinski definition) is 1. The van der Waals surface area contributed by atoms with Crippen LogP contribution in [0.3, 0.4) is 0 Å². The van der Waals surface area contributed by atoms with Crippen molar-refractivity contribution in [3.63, 3.8) is 0 Å². The fourth-order valence-electron chi connectivity index (χ4n) is 1.29. The molecule has 0 fully saturated rings. The molecule has 1 N–H and O–H groups in total. The van der Waals surface area contributed by atoms with E-state index in [0.717, 1.165) is 11.3 Å². The first kappa shape index (κ1) is 12.8. The lowest BCUT2D eigenvalue weighted by Gasteiger charge is -2.21. The third-order valence-electron chi connectivity index (χ3n) is 1.91. The summed E-state index contributed by atoms with van der Waals surface area (Å²) in [5, 5.41) is 8.64. The molecule has 0 atom stereocenters. The molecule has 1 aromatic rings. The molecule has 0 heterocycles. The molecule has 0 aromatic heterocycles. The van der Waals surface area contributed by atoms with Gasteiger partial charge in [-0.15, -0.1) is 0 Å². The molecule has 0 aliphatic rings. The predicted octanol–water partition coefficient (Wildman–Crippen LogP) is 3.26. The van der Waals surface area contributed by atoms with Crippen LogP contribution < -0.4 is 4.74 Å². The highest BCUT2D eigenvalue weighted by molar-refractivity contribution is 5.50. The lowest BCUT2D eigenvalue weighted by atomic mass is 10.1. The Bertz CT molecular complexity index is 331. The number of aliphatic hydroxyl groups excluding tert-OH is 1. The first-order chi connectivity index (χ1) is 7.51. The highest BCUT2D eigenvalue weighted by Gasteiger charge is 2.10. The zero-order chi connectivity index (χ0) is 12.0. The van der Waals surface area contributed by atoms with Crippen molar-refractivity contribution in [2.24, 2.45) is 0 Å². The number of benzene rings is 1. The smallest absolute Gasteiger partial charge is 0.120 e. The zero-order valence-electron chi connectivity index (χ0n) is 10.2. The van der Waals surface area contributed by atoms with E-state index in [-0.39, 0.29) is 12.2 Å². The topological polar surface area (TPSA) is 29.5 Å². The molecule has 0 bridgehead atoms. The minimum absolute atomic E-state index is 0.158. The van der Waals surface area contributed by atoms with Gasteiger partial charge in [0, 0.05) is 6.61 Å². The van der Waals surface area contributed by atoms with Gasteiger partial charge >= 0.3 is 0 Å². The van der Waals surface area contributed by atoms with Crippen LogP contribution in [0.1, 0.15) is 32.8 Å². The Morgan fingerprint density at radius 2 is 1.81 bits per heavy atom. The normalized spacial score (nSPS) is 12.0. The van der Waals surface area contributed by atoms with Crippen molar-refractivity contribution in [3.8, 4) is 5.75 Å². The standard InChI is InChI=1S/C14H20O2/c1-14(2,3)16-13-9-7-12(8-10-13)6-4-5-11-15/h4,6-10,15H,5,11H2,1-3H3. The molecule has 0 radical (unpaired) electrons. The molecular weight excluding hydrogens is 200 g/mol. The zero-order valence-corrected chi connectivity index (χ0v) is 10.2. The van der Waals surface area contributed by atoms with Crippen molar-refractivity contribution in [3.05, 3.63) is 35.9 Å². The Labute approximate surface area is 97.6 Å². The average Bonchev–Trinajstić information content (AvgIpc) is 2.19. The van der Waals surface area contributed by atoms with Gasteiger partial charge in [-0.1, -0.05) is 24.3 Å². The van der Waals surface area contributed by atoms with E-state index < -0.39 is 0 Å². The summed E-state index contributed by atoms with van der Waals surface area (Å²) in [7, 11) is 0. The van der Waals surface area contributed by atoms with Gasteiger partial charge in [-0.2, -0.15) is 0 Å². The maximum Gasteiger partial charge on any atom is 0.120 e. The third kappa shape index (κ3) is 4.99. The molecule has 1 rings (SSSR count). The molecule has 0 saturated heterocycles. The van der Waals surface area contributed by atoms with Crippen LogP contribution in [0.4, 0.5) is 0 Å².